The number of carbonyl (C=O) groups excluding carboxylic acids is 2. The highest BCUT2D eigenvalue weighted by Crippen LogP contribution is 2.24. The maximum absolute atomic E-state index is 12.4. The van der Waals surface area contributed by atoms with Gasteiger partial charge in [-0.05, 0) is 66.2 Å². The van der Waals surface area contributed by atoms with Crippen LogP contribution in [0.2, 0.25) is 0 Å². The first-order chi connectivity index (χ1) is 13.6. The second-order valence-electron chi connectivity index (χ2n) is 6.82. The fraction of sp³-hybridized carbons (Fsp3) is 0.429. The van der Waals surface area contributed by atoms with Crippen LogP contribution in [0.1, 0.15) is 38.3 Å². The second kappa shape index (κ2) is 9.71. The Balaban J connectivity index is 1.56. The van der Waals surface area contributed by atoms with Crippen LogP contribution in [0.25, 0.3) is 0 Å². The highest BCUT2D eigenvalue weighted by atomic mass is 32.1. The molecule has 0 radical (unpaired) electrons. The van der Waals surface area contributed by atoms with Gasteiger partial charge in [0.05, 0.1) is 6.04 Å². The maximum Gasteiger partial charge on any atom is 0.319 e. The summed E-state index contributed by atoms with van der Waals surface area (Å²) in [6.07, 6.45) is 1.51. The zero-order valence-electron chi connectivity index (χ0n) is 16.5. The SMILES string of the molecule is CCN(CC)[C@@H](CNC(=O)Nc1ccc(N2CCCC2=O)cc1)c1ccsc1. The van der Waals surface area contributed by atoms with Crippen molar-refractivity contribution < 1.29 is 9.59 Å². The van der Waals surface area contributed by atoms with E-state index in [0.717, 1.165) is 31.7 Å². The number of rotatable bonds is 8. The van der Waals surface area contributed by atoms with Crippen LogP contribution in [-0.4, -0.2) is 43.0 Å². The Bertz CT molecular complexity index is 772. The lowest BCUT2D eigenvalue weighted by atomic mass is 10.1. The van der Waals surface area contributed by atoms with Gasteiger partial charge in [-0.3, -0.25) is 9.69 Å². The molecule has 3 rings (SSSR count). The van der Waals surface area contributed by atoms with Gasteiger partial charge in [-0.15, -0.1) is 0 Å². The third-order valence-electron chi connectivity index (χ3n) is 5.15. The largest absolute Gasteiger partial charge is 0.336 e. The molecule has 6 nitrogen and oxygen atoms in total. The molecule has 1 atom stereocenters. The van der Waals surface area contributed by atoms with Gasteiger partial charge in [0.25, 0.3) is 0 Å². The van der Waals surface area contributed by atoms with E-state index >= 15 is 0 Å². The van der Waals surface area contributed by atoms with Gasteiger partial charge >= 0.3 is 6.03 Å². The molecular weight excluding hydrogens is 372 g/mol. The van der Waals surface area contributed by atoms with E-state index in [2.05, 4.69) is 46.2 Å². The van der Waals surface area contributed by atoms with Crippen LogP contribution in [0.3, 0.4) is 0 Å². The number of nitrogens with one attached hydrogen (secondary N) is 2. The second-order valence-corrected chi connectivity index (χ2v) is 7.60. The van der Waals surface area contributed by atoms with Gasteiger partial charge in [0, 0.05) is 30.9 Å². The third kappa shape index (κ3) is 4.91. The summed E-state index contributed by atoms with van der Waals surface area (Å²) in [6, 6.07) is 9.48. The summed E-state index contributed by atoms with van der Waals surface area (Å²) in [4.78, 5) is 28.3. The molecule has 150 valence electrons. The topological polar surface area (TPSA) is 64.7 Å². The number of amides is 3. The number of hydrogen-bond donors (Lipinski definition) is 2. The predicted octanol–water partition coefficient (Wildman–Crippen LogP) is 4.08. The molecule has 0 aliphatic carbocycles. The molecule has 0 unspecified atom stereocenters. The van der Waals surface area contributed by atoms with Crippen LogP contribution >= 0.6 is 11.3 Å². The van der Waals surface area contributed by atoms with Crippen LogP contribution in [-0.2, 0) is 4.79 Å². The van der Waals surface area contributed by atoms with Crippen LogP contribution in [0.4, 0.5) is 16.2 Å². The lowest BCUT2D eigenvalue weighted by molar-refractivity contribution is -0.117. The number of benzene rings is 1. The molecule has 0 spiro atoms. The van der Waals surface area contributed by atoms with Crippen molar-refractivity contribution in [3.8, 4) is 0 Å². The Morgan fingerprint density at radius 3 is 2.54 bits per heavy atom. The van der Waals surface area contributed by atoms with Gasteiger partial charge < -0.3 is 15.5 Å². The van der Waals surface area contributed by atoms with Crippen molar-refractivity contribution in [1.29, 1.82) is 0 Å². The van der Waals surface area contributed by atoms with Gasteiger partial charge in [-0.1, -0.05) is 13.8 Å². The van der Waals surface area contributed by atoms with Crippen LogP contribution < -0.4 is 15.5 Å². The molecule has 1 saturated heterocycles. The van der Waals surface area contributed by atoms with E-state index in [-0.39, 0.29) is 18.0 Å². The molecule has 1 aliphatic heterocycles. The number of hydrogen-bond acceptors (Lipinski definition) is 4. The molecule has 28 heavy (non-hydrogen) atoms. The Morgan fingerprint density at radius 1 is 1.21 bits per heavy atom. The predicted molar refractivity (Wildman–Crippen MR) is 115 cm³/mol. The normalized spacial score (nSPS) is 15.1. The first kappa shape index (κ1) is 20.4. The summed E-state index contributed by atoms with van der Waals surface area (Å²) in [5.74, 6) is 0.161. The van der Waals surface area contributed by atoms with Crippen molar-refractivity contribution in [3.05, 3.63) is 46.7 Å². The molecule has 3 amide bonds. The number of urea groups is 1. The average Bonchev–Trinajstić information content (AvgIpc) is 3.38. The molecule has 2 N–H and O–H groups in total. The molecule has 2 aromatic rings. The summed E-state index contributed by atoms with van der Waals surface area (Å²) < 4.78 is 0. The molecule has 1 fully saturated rings. The van der Waals surface area contributed by atoms with Gasteiger partial charge in [0.2, 0.25) is 5.91 Å². The lowest BCUT2D eigenvalue weighted by Gasteiger charge is -2.29. The van der Waals surface area contributed by atoms with Gasteiger partial charge in [-0.25, -0.2) is 4.79 Å². The minimum Gasteiger partial charge on any atom is -0.336 e. The highest BCUT2D eigenvalue weighted by Gasteiger charge is 2.22. The van der Waals surface area contributed by atoms with E-state index < -0.39 is 0 Å². The summed E-state index contributed by atoms with van der Waals surface area (Å²) in [6.45, 7) is 7.44. The first-order valence-electron chi connectivity index (χ1n) is 9.83. The number of anilines is 2. The van der Waals surface area contributed by atoms with Crippen LogP contribution in [0.15, 0.2) is 41.1 Å². The van der Waals surface area contributed by atoms with Crippen molar-refractivity contribution in [3.63, 3.8) is 0 Å². The van der Waals surface area contributed by atoms with Crippen molar-refractivity contribution in [2.45, 2.75) is 32.7 Å². The van der Waals surface area contributed by atoms with Crippen LogP contribution in [0, 0.1) is 0 Å². The standard InChI is InChI=1S/C21H28N4O2S/c1-3-24(4-2)19(16-11-13-28-15-16)14-22-21(27)23-17-7-9-18(10-8-17)25-12-5-6-20(25)26/h7-11,13,15,19H,3-6,12,14H2,1-2H3,(H2,22,23,27)/t19-/m0/s1. The summed E-state index contributed by atoms with van der Waals surface area (Å²) >= 11 is 1.67. The summed E-state index contributed by atoms with van der Waals surface area (Å²) in [7, 11) is 0. The van der Waals surface area contributed by atoms with Gasteiger partial charge in [0.1, 0.15) is 0 Å². The summed E-state index contributed by atoms with van der Waals surface area (Å²) in [5, 5.41) is 10.1. The van der Waals surface area contributed by atoms with Crippen molar-refractivity contribution in [2.75, 3.05) is 36.4 Å². The van der Waals surface area contributed by atoms with Crippen molar-refractivity contribution in [2.24, 2.45) is 0 Å². The zero-order chi connectivity index (χ0) is 19.9. The smallest absolute Gasteiger partial charge is 0.319 e. The molecule has 0 bridgehead atoms. The van der Waals surface area contributed by atoms with E-state index in [1.807, 2.05) is 24.3 Å². The van der Waals surface area contributed by atoms with Crippen molar-refractivity contribution in [1.82, 2.24) is 10.2 Å². The fourth-order valence-corrected chi connectivity index (χ4v) is 4.30. The highest BCUT2D eigenvalue weighted by molar-refractivity contribution is 7.08. The molecule has 1 aromatic heterocycles. The third-order valence-corrected chi connectivity index (χ3v) is 5.85. The fourth-order valence-electron chi connectivity index (χ4n) is 3.60. The minimum absolute atomic E-state index is 0.161. The zero-order valence-corrected chi connectivity index (χ0v) is 17.3. The molecule has 1 aromatic carbocycles. The Morgan fingerprint density at radius 2 is 1.96 bits per heavy atom. The van der Waals surface area contributed by atoms with Crippen molar-refractivity contribution >= 4 is 34.6 Å². The van der Waals surface area contributed by atoms with E-state index in [9.17, 15) is 9.59 Å². The Hall–Kier alpha value is -2.38. The van der Waals surface area contributed by atoms with Gasteiger partial charge in [0.15, 0.2) is 0 Å². The van der Waals surface area contributed by atoms with E-state index in [0.29, 0.717) is 18.7 Å². The lowest BCUT2D eigenvalue weighted by Crippen LogP contribution is -2.39. The average molecular weight is 401 g/mol. The molecule has 0 saturated carbocycles. The minimum atomic E-state index is -0.225. The number of likely N-dealkylation sites (N-methyl/N-ethyl adjacent to an activating group) is 1. The number of carbonyl (C=O) groups is 2. The monoisotopic (exact) mass is 400 g/mol. The van der Waals surface area contributed by atoms with E-state index in [1.54, 1.807) is 16.2 Å². The van der Waals surface area contributed by atoms with E-state index in [4.69, 9.17) is 0 Å². The Labute approximate surface area is 170 Å². The number of nitrogens with zero attached hydrogens (tertiary/aromatic N) is 2. The first-order valence-corrected chi connectivity index (χ1v) is 10.8. The van der Waals surface area contributed by atoms with Gasteiger partial charge in [-0.2, -0.15) is 11.3 Å². The molecule has 1 aliphatic rings. The Kier molecular flexibility index (Phi) is 7.06. The molecule has 7 heteroatoms. The molecule has 2 heterocycles. The quantitative estimate of drug-likeness (QED) is 0.702. The van der Waals surface area contributed by atoms with E-state index in [1.165, 1.54) is 5.56 Å². The maximum atomic E-state index is 12.4. The number of thiophene rings is 1. The summed E-state index contributed by atoms with van der Waals surface area (Å²) in [5.41, 5.74) is 2.82. The van der Waals surface area contributed by atoms with Crippen LogP contribution in [0.5, 0.6) is 0 Å². The molecular formula is C21H28N4O2S.